The zero-order valence-corrected chi connectivity index (χ0v) is 18.8. The summed E-state index contributed by atoms with van der Waals surface area (Å²) >= 11 is 4.35. The van der Waals surface area contributed by atoms with Gasteiger partial charge in [0, 0.05) is 4.47 Å². The largest absolute Gasteiger partial charge is 0.493 e. The highest BCUT2D eigenvalue weighted by Crippen LogP contribution is 2.29. The summed E-state index contributed by atoms with van der Waals surface area (Å²) in [4.78, 5) is 36.3. The van der Waals surface area contributed by atoms with Crippen LogP contribution in [-0.4, -0.2) is 31.1 Å². The first-order valence-electron chi connectivity index (χ1n) is 8.90. The fraction of sp³-hybridized carbons (Fsp3) is 0.0476. The van der Waals surface area contributed by atoms with Gasteiger partial charge in [-0.2, -0.15) is 5.10 Å². The van der Waals surface area contributed by atoms with E-state index in [4.69, 9.17) is 9.47 Å². The number of benzene rings is 2. The Kier molecular flexibility index (Phi) is 7.68. The summed E-state index contributed by atoms with van der Waals surface area (Å²) in [5.41, 5.74) is 2.40. The van der Waals surface area contributed by atoms with E-state index in [0.29, 0.717) is 14.9 Å². The number of hydrogen-bond donors (Lipinski definition) is 2. The van der Waals surface area contributed by atoms with Crippen LogP contribution < -0.4 is 20.2 Å². The Morgan fingerprint density at radius 3 is 2.59 bits per heavy atom. The third-order valence-corrected chi connectivity index (χ3v) is 5.22. The molecule has 164 valence electrons. The van der Waals surface area contributed by atoms with Gasteiger partial charge in [0.05, 0.1) is 19.0 Å². The second-order valence-electron chi connectivity index (χ2n) is 6.05. The standard InChI is InChI=1S/C21H15BrFN3O5S/c1-30-17-9-12(4-7-16(17)31-21(29)18-3-2-8-32-18)11-24-26-20(28)19(27)25-15-6-5-13(22)10-14(15)23/h2-11H,1H3,(H,25,27)(H,26,28). The predicted molar refractivity (Wildman–Crippen MR) is 121 cm³/mol. The molecule has 2 aromatic carbocycles. The number of rotatable bonds is 6. The van der Waals surface area contributed by atoms with E-state index < -0.39 is 23.6 Å². The molecule has 0 aliphatic rings. The van der Waals surface area contributed by atoms with Crippen molar-refractivity contribution in [2.75, 3.05) is 12.4 Å². The van der Waals surface area contributed by atoms with Crippen LogP contribution in [0.15, 0.2) is 63.5 Å². The monoisotopic (exact) mass is 519 g/mol. The zero-order valence-electron chi connectivity index (χ0n) is 16.4. The molecule has 3 aromatic rings. The number of hydrogen-bond acceptors (Lipinski definition) is 7. The Balaban J connectivity index is 1.60. The molecule has 1 heterocycles. The first-order chi connectivity index (χ1) is 15.4. The summed E-state index contributed by atoms with van der Waals surface area (Å²) in [6.07, 6.45) is 1.26. The van der Waals surface area contributed by atoms with Gasteiger partial charge in [0.2, 0.25) is 0 Å². The number of halogens is 2. The first kappa shape index (κ1) is 23.1. The molecular formula is C21H15BrFN3O5S. The van der Waals surface area contributed by atoms with Crippen LogP contribution in [0.4, 0.5) is 10.1 Å². The van der Waals surface area contributed by atoms with Crippen LogP contribution in [0.25, 0.3) is 0 Å². The number of carbonyl (C=O) groups is 3. The fourth-order valence-corrected chi connectivity index (χ4v) is 3.31. The van der Waals surface area contributed by atoms with Crippen molar-refractivity contribution in [3.05, 3.63) is 74.6 Å². The molecule has 8 nitrogen and oxygen atoms in total. The number of methoxy groups -OCH3 is 1. The molecule has 1 aromatic heterocycles. The second-order valence-corrected chi connectivity index (χ2v) is 7.92. The molecule has 3 rings (SSSR count). The molecule has 0 spiro atoms. The van der Waals surface area contributed by atoms with E-state index in [9.17, 15) is 18.8 Å². The molecular weight excluding hydrogens is 505 g/mol. The third kappa shape index (κ3) is 5.99. The smallest absolute Gasteiger partial charge is 0.353 e. The minimum Gasteiger partial charge on any atom is -0.493 e. The quantitative estimate of drug-likeness (QED) is 0.168. The molecule has 0 aliphatic carbocycles. The van der Waals surface area contributed by atoms with Gasteiger partial charge in [-0.1, -0.05) is 22.0 Å². The number of ether oxygens (including phenoxy) is 2. The average Bonchev–Trinajstić information content (AvgIpc) is 3.31. The maximum absolute atomic E-state index is 13.8. The van der Waals surface area contributed by atoms with E-state index in [-0.39, 0.29) is 17.2 Å². The number of nitrogens with one attached hydrogen (secondary N) is 2. The molecule has 0 saturated heterocycles. The summed E-state index contributed by atoms with van der Waals surface area (Å²) in [6, 6.07) is 12.0. The van der Waals surface area contributed by atoms with E-state index in [0.717, 1.165) is 6.07 Å². The summed E-state index contributed by atoms with van der Waals surface area (Å²) in [7, 11) is 1.41. The van der Waals surface area contributed by atoms with E-state index in [1.54, 1.807) is 23.6 Å². The van der Waals surface area contributed by atoms with E-state index in [1.807, 2.05) is 5.43 Å². The zero-order chi connectivity index (χ0) is 23.1. The number of nitrogens with zero attached hydrogens (tertiary/aromatic N) is 1. The molecule has 0 bridgehead atoms. The van der Waals surface area contributed by atoms with Gasteiger partial charge in [-0.15, -0.1) is 11.3 Å². The molecule has 2 N–H and O–H groups in total. The Morgan fingerprint density at radius 1 is 1.09 bits per heavy atom. The van der Waals surface area contributed by atoms with Crippen LogP contribution in [0.5, 0.6) is 11.5 Å². The van der Waals surface area contributed by atoms with Crippen molar-refractivity contribution in [1.82, 2.24) is 5.43 Å². The van der Waals surface area contributed by atoms with E-state index >= 15 is 0 Å². The Hall–Kier alpha value is -3.57. The number of hydrazone groups is 1. The fourth-order valence-electron chi connectivity index (χ4n) is 2.38. The number of thiophene rings is 1. The van der Waals surface area contributed by atoms with Gasteiger partial charge in [-0.25, -0.2) is 14.6 Å². The SMILES string of the molecule is COc1cc(C=NNC(=O)C(=O)Nc2ccc(Br)cc2F)ccc1OC(=O)c1cccs1. The molecule has 0 unspecified atom stereocenters. The van der Waals surface area contributed by atoms with E-state index in [1.165, 1.54) is 48.9 Å². The maximum atomic E-state index is 13.8. The van der Waals surface area contributed by atoms with Gasteiger partial charge in [-0.3, -0.25) is 9.59 Å². The molecule has 0 radical (unpaired) electrons. The lowest BCUT2D eigenvalue weighted by Gasteiger charge is -2.09. The number of amides is 2. The van der Waals surface area contributed by atoms with Crippen molar-refractivity contribution < 1.29 is 28.2 Å². The highest BCUT2D eigenvalue weighted by Gasteiger charge is 2.16. The minimum absolute atomic E-state index is 0.144. The van der Waals surface area contributed by atoms with Crippen molar-refractivity contribution in [3.8, 4) is 11.5 Å². The van der Waals surface area contributed by atoms with Gasteiger partial charge in [0.1, 0.15) is 10.7 Å². The third-order valence-electron chi connectivity index (χ3n) is 3.88. The summed E-state index contributed by atoms with van der Waals surface area (Å²) in [6.45, 7) is 0. The van der Waals surface area contributed by atoms with Gasteiger partial charge in [-0.05, 0) is 53.4 Å². The van der Waals surface area contributed by atoms with Crippen molar-refractivity contribution in [2.45, 2.75) is 0 Å². The minimum atomic E-state index is -1.09. The van der Waals surface area contributed by atoms with E-state index in [2.05, 4.69) is 26.3 Å². The molecule has 0 atom stereocenters. The van der Waals surface area contributed by atoms with Gasteiger partial charge in [0.25, 0.3) is 0 Å². The molecule has 0 aliphatic heterocycles. The van der Waals surface area contributed by atoms with Crippen molar-refractivity contribution in [2.24, 2.45) is 5.10 Å². The summed E-state index contributed by atoms with van der Waals surface area (Å²) in [5.74, 6) is -2.90. The molecule has 0 fully saturated rings. The van der Waals surface area contributed by atoms with Crippen LogP contribution in [0, 0.1) is 5.82 Å². The number of anilines is 1. The lowest BCUT2D eigenvalue weighted by molar-refractivity contribution is -0.136. The summed E-state index contributed by atoms with van der Waals surface area (Å²) < 4.78 is 24.8. The van der Waals surface area contributed by atoms with Crippen molar-refractivity contribution in [3.63, 3.8) is 0 Å². The summed E-state index contributed by atoms with van der Waals surface area (Å²) in [5, 5.41) is 7.61. The molecule has 2 amide bonds. The highest BCUT2D eigenvalue weighted by atomic mass is 79.9. The van der Waals surface area contributed by atoms with Crippen LogP contribution in [0.2, 0.25) is 0 Å². The van der Waals surface area contributed by atoms with Gasteiger partial charge < -0.3 is 14.8 Å². The Labute approximate surface area is 194 Å². The predicted octanol–water partition coefficient (Wildman–Crippen LogP) is 3.97. The normalized spacial score (nSPS) is 10.6. The van der Waals surface area contributed by atoms with Crippen LogP contribution >= 0.6 is 27.3 Å². The lowest BCUT2D eigenvalue weighted by Crippen LogP contribution is -2.32. The van der Waals surface area contributed by atoms with Crippen molar-refractivity contribution in [1.29, 1.82) is 0 Å². The topological polar surface area (TPSA) is 106 Å². The van der Waals surface area contributed by atoms with Crippen molar-refractivity contribution >= 4 is 57.0 Å². The maximum Gasteiger partial charge on any atom is 0.353 e. The molecule has 0 saturated carbocycles. The first-order valence-corrected chi connectivity index (χ1v) is 10.6. The number of carbonyl (C=O) groups excluding carboxylic acids is 3. The molecule has 11 heteroatoms. The Bertz CT molecular complexity index is 1180. The van der Waals surface area contributed by atoms with Crippen LogP contribution in [0.1, 0.15) is 15.2 Å². The second kappa shape index (κ2) is 10.6. The van der Waals surface area contributed by atoms with Crippen LogP contribution in [-0.2, 0) is 9.59 Å². The van der Waals surface area contributed by atoms with Crippen LogP contribution in [0.3, 0.4) is 0 Å². The molecule has 32 heavy (non-hydrogen) atoms. The highest BCUT2D eigenvalue weighted by molar-refractivity contribution is 9.10. The average molecular weight is 520 g/mol. The number of esters is 1. The lowest BCUT2D eigenvalue weighted by atomic mass is 10.2. The van der Waals surface area contributed by atoms with Gasteiger partial charge >= 0.3 is 17.8 Å². The Morgan fingerprint density at radius 2 is 1.91 bits per heavy atom. The van der Waals surface area contributed by atoms with Gasteiger partial charge in [0.15, 0.2) is 11.5 Å².